The van der Waals surface area contributed by atoms with Gasteiger partial charge in [-0.25, -0.2) is 0 Å². The maximum absolute atomic E-state index is 2.62. The smallest absolute Gasteiger partial charge is 0.0726 e. The second-order valence-corrected chi connectivity index (χ2v) is 21.0. The molecule has 0 heterocycles. The Balaban J connectivity index is 1.08. The molecule has 1 nitrogen and oxygen atoms in total. The molecule has 340 valence electrons. The lowest BCUT2D eigenvalue weighted by Gasteiger charge is -2.34. The largest absolute Gasteiger partial charge is 0.310 e. The monoisotopic (exact) mass is 925 g/mol. The number of benzene rings is 13. The van der Waals surface area contributed by atoms with Crippen LogP contribution in [-0.4, -0.2) is 0 Å². The second-order valence-electron chi connectivity index (χ2n) is 21.0. The van der Waals surface area contributed by atoms with E-state index in [0.717, 1.165) is 17.1 Å². The van der Waals surface area contributed by atoms with Gasteiger partial charge in [-0.15, -0.1) is 0 Å². The molecular formula is C72H47N. The van der Waals surface area contributed by atoms with Gasteiger partial charge in [0.25, 0.3) is 0 Å². The Morgan fingerprint density at radius 1 is 0.247 bits per heavy atom. The standard InChI is InChI=1S/C72H47N/c1-71(2)64-31-15-11-27-55(64)59-38-36-46(41-68(59)71)73(45-35-37-54-51-24-7-6-22-49(51)50-23-8-10-26-53(50)61(54)40-45)70-43-69-62(42-63(70)60-39-44-19-3-4-20-47(44)48-21-5-9-25-52(48)60)58-30-14-18-34-67(58)72(69)65-32-16-12-28-56(65)57-29-13-17-33-66(57)72/h3-43H,1-2H3. The Kier molecular flexibility index (Phi) is 8.22. The van der Waals surface area contributed by atoms with Gasteiger partial charge in [0, 0.05) is 22.4 Å². The molecule has 0 unspecified atom stereocenters. The van der Waals surface area contributed by atoms with E-state index in [1.807, 2.05) is 0 Å². The van der Waals surface area contributed by atoms with E-state index < -0.39 is 5.41 Å². The third kappa shape index (κ3) is 5.36. The molecule has 3 aliphatic carbocycles. The third-order valence-electron chi connectivity index (χ3n) is 17.2. The van der Waals surface area contributed by atoms with Crippen LogP contribution >= 0.6 is 0 Å². The van der Waals surface area contributed by atoms with Crippen LogP contribution in [0, 0.1) is 0 Å². The highest BCUT2D eigenvalue weighted by molar-refractivity contribution is 6.26. The third-order valence-corrected chi connectivity index (χ3v) is 17.2. The Morgan fingerprint density at radius 2 is 0.671 bits per heavy atom. The van der Waals surface area contributed by atoms with Gasteiger partial charge in [0.15, 0.2) is 0 Å². The first kappa shape index (κ1) is 40.7. The summed E-state index contributed by atoms with van der Waals surface area (Å²) in [6.45, 7) is 4.80. The zero-order valence-corrected chi connectivity index (χ0v) is 40.6. The second kappa shape index (κ2) is 14.8. The van der Waals surface area contributed by atoms with Crippen molar-refractivity contribution < 1.29 is 0 Å². The molecule has 1 heteroatoms. The van der Waals surface area contributed by atoms with Gasteiger partial charge >= 0.3 is 0 Å². The summed E-state index contributed by atoms with van der Waals surface area (Å²) in [4.78, 5) is 2.62. The maximum Gasteiger partial charge on any atom is 0.0726 e. The van der Waals surface area contributed by atoms with Crippen LogP contribution in [0.25, 0.3) is 98.4 Å². The van der Waals surface area contributed by atoms with Crippen molar-refractivity contribution in [3.8, 4) is 44.5 Å². The summed E-state index contributed by atoms with van der Waals surface area (Å²) >= 11 is 0. The lowest BCUT2D eigenvalue weighted by molar-refractivity contribution is 0.660. The molecule has 0 aromatic heterocycles. The molecule has 13 aromatic rings. The van der Waals surface area contributed by atoms with Crippen molar-refractivity contribution in [1.82, 2.24) is 0 Å². The van der Waals surface area contributed by atoms with Crippen LogP contribution in [0.2, 0.25) is 0 Å². The first-order valence-electron chi connectivity index (χ1n) is 25.7. The predicted octanol–water partition coefficient (Wildman–Crippen LogP) is 19.2. The SMILES string of the molecule is CC1(C)c2ccccc2-c2ccc(N(c3ccc4c5ccccc5c5ccccc5c4c3)c3cc4c(cc3-c3cc5ccccc5c5ccccc35)-c3ccccc3C43c4ccccc4-c4ccccc43)cc21. The topological polar surface area (TPSA) is 3.24 Å². The van der Waals surface area contributed by atoms with E-state index in [9.17, 15) is 0 Å². The van der Waals surface area contributed by atoms with E-state index in [1.165, 1.54) is 132 Å². The van der Waals surface area contributed by atoms with Gasteiger partial charge in [-0.3, -0.25) is 0 Å². The number of nitrogens with zero attached hydrogens (tertiary/aromatic N) is 1. The minimum absolute atomic E-state index is 0.204. The van der Waals surface area contributed by atoms with Crippen LogP contribution in [0.1, 0.15) is 47.2 Å². The molecule has 0 bridgehead atoms. The van der Waals surface area contributed by atoms with Crippen LogP contribution in [0.5, 0.6) is 0 Å². The number of anilines is 3. The molecule has 0 amide bonds. The Bertz CT molecular complexity index is 4470. The van der Waals surface area contributed by atoms with E-state index >= 15 is 0 Å². The van der Waals surface area contributed by atoms with E-state index in [0.29, 0.717) is 0 Å². The van der Waals surface area contributed by atoms with Crippen LogP contribution in [0.4, 0.5) is 17.1 Å². The van der Waals surface area contributed by atoms with E-state index in [1.54, 1.807) is 0 Å². The summed E-state index contributed by atoms with van der Waals surface area (Å²) in [5.74, 6) is 0. The van der Waals surface area contributed by atoms with Gasteiger partial charge in [-0.05, 0) is 169 Å². The first-order chi connectivity index (χ1) is 36.0. The normalized spacial score (nSPS) is 14.1. The molecule has 0 fully saturated rings. The fraction of sp³-hybridized carbons (Fsp3) is 0.0556. The summed E-state index contributed by atoms with van der Waals surface area (Å²) in [6, 6.07) is 94.6. The van der Waals surface area contributed by atoms with E-state index in [-0.39, 0.29) is 5.41 Å². The fourth-order valence-corrected chi connectivity index (χ4v) is 14.1. The average molecular weight is 926 g/mol. The van der Waals surface area contributed by atoms with Gasteiger partial charge in [0.1, 0.15) is 0 Å². The molecule has 1 spiro atoms. The predicted molar refractivity (Wildman–Crippen MR) is 308 cm³/mol. The van der Waals surface area contributed by atoms with Crippen LogP contribution < -0.4 is 4.90 Å². The quantitative estimate of drug-likeness (QED) is 0.159. The molecule has 3 aliphatic rings. The summed E-state index contributed by atoms with van der Waals surface area (Å²) in [5, 5.41) is 12.6. The molecule has 0 aliphatic heterocycles. The van der Waals surface area contributed by atoms with Crippen molar-refractivity contribution in [3.63, 3.8) is 0 Å². The number of rotatable bonds is 4. The van der Waals surface area contributed by atoms with Crippen molar-refractivity contribution in [1.29, 1.82) is 0 Å². The van der Waals surface area contributed by atoms with E-state index in [2.05, 4.69) is 267 Å². The number of hydrogen-bond acceptors (Lipinski definition) is 1. The lowest BCUT2D eigenvalue weighted by Crippen LogP contribution is -2.26. The van der Waals surface area contributed by atoms with Crippen molar-refractivity contribution in [2.24, 2.45) is 0 Å². The summed E-state index contributed by atoms with van der Waals surface area (Å²) in [6.07, 6.45) is 0. The fourth-order valence-electron chi connectivity index (χ4n) is 14.1. The summed E-state index contributed by atoms with van der Waals surface area (Å²) in [7, 11) is 0. The van der Waals surface area contributed by atoms with Crippen molar-refractivity contribution in [3.05, 3.63) is 282 Å². The molecule has 0 radical (unpaired) electrons. The lowest BCUT2D eigenvalue weighted by atomic mass is 9.70. The zero-order valence-electron chi connectivity index (χ0n) is 40.6. The van der Waals surface area contributed by atoms with Crippen LogP contribution in [0.3, 0.4) is 0 Å². The minimum Gasteiger partial charge on any atom is -0.310 e. The van der Waals surface area contributed by atoms with Gasteiger partial charge in [0.2, 0.25) is 0 Å². The molecule has 73 heavy (non-hydrogen) atoms. The maximum atomic E-state index is 2.62. The average Bonchev–Trinajstić information content (AvgIpc) is 4.00. The van der Waals surface area contributed by atoms with Crippen LogP contribution in [0.15, 0.2) is 249 Å². The van der Waals surface area contributed by atoms with Crippen molar-refractivity contribution in [2.75, 3.05) is 4.90 Å². The molecule has 0 atom stereocenters. The highest BCUT2D eigenvalue weighted by Crippen LogP contribution is 2.65. The van der Waals surface area contributed by atoms with Gasteiger partial charge < -0.3 is 4.90 Å². The highest BCUT2D eigenvalue weighted by Gasteiger charge is 2.52. The molecule has 16 rings (SSSR count). The summed E-state index contributed by atoms with van der Waals surface area (Å²) < 4.78 is 0. The van der Waals surface area contributed by atoms with Gasteiger partial charge in [0.05, 0.1) is 11.1 Å². The Labute approximate surface area is 424 Å². The van der Waals surface area contributed by atoms with Gasteiger partial charge in [-0.2, -0.15) is 0 Å². The van der Waals surface area contributed by atoms with E-state index in [4.69, 9.17) is 0 Å². The molecule has 0 saturated heterocycles. The highest BCUT2D eigenvalue weighted by atomic mass is 15.1. The minimum atomic E-state index is -0.538. The first-order valence-corrected chi connectivity index (χ1v) is 25.7. The van der Waals surface area contributed by atoms with Gasteiger partial charge in [-0.1, -0.05) is 220 Å². The van der Waals surface area contributed by atoms with Crippen molar-refractivity contribution >= 4 is 70.9 Å². The molecule has 0 saturated carbocycles. The Morgan fingerprint density at radius 3 is 1.29 bits per heavy atom. The zero-order chi connectivity index (χ0) is 48.2. The van der Waals surface area contributed by atoms with Crippen LogP contribution in [-0.2, 0) is 10.8 Å². The molecule has 0 N–H and O–H groups in total. The molecular weight excluding hydrogens is 879 g/mol. The summed E-state index contributed by atoms with van der Waals surface area (Å²) in [5.41, 5.74) is 20.9. The van der Waals surface area contributed by atoms with Crippen molar-refractivity contribution in [2.45, 2.75) is 24.7 Å². The Hall–Kier alpha value is -9.04. The number of hydrogen-bond donors (Lipinski definition) is 0. The molecule has 13 aromatic carbocycles. The number of fused-ring (bicyclic) bond motifs is 22.